The van der Waals surface area contributed by atoms with Gasteiger partial charge in [0, 0.05) is 0 Å². The highest BCUT2D eigenvalue weighted by Gasteiger charge is 2.24. The molecule has 0 N–H and O–H groups in total. The van der Waals surface area contributed by atoms with E-state index in [-0.39, 0.29) is 12.1 Å². The molecule has 0 aromatic heterocycles. The Morgan fingerprint density at radius 2 is 1.79 bits per heavy atom. The first-order valence-electron chi connectivity index (χ1n) is 7.45. The van der Waals surface area contributed by atoms with E-state index in [1.807, 2.05) is 32.0 Å². The van der Waals surface area contributed by atoms with Crippen molar-refractivity contribution in [2.75, 3.05) is 17.7 Å². The number of ether oxygens (including phenoxy) is 1. The van der Waals surface area contributed by atoms with E-state index in [4.69, 9.17) is 4.74 Å². The van der Waals surface area contributed by atoms with Gasteiger partial charge in [-0.25, -0.2) is 13.2 Å². The Hall–Kier alpha value is -2.34. The van der Waals surface area contributed by atoms with Crippen molar-refractivity contribution < 1.29 is 17.9 Å². The van der Waals surface area contributed by atoms with Gasteiger partial charge in [-0.15, -0.1) is 0 Å². The fourth-order valence-electron chi connectivity index (χ4n) is 2.48. The van der Waals surface area contributed by atoms with Crippen molar-refractivity contribution >= 4 is 21.7 Å². The molecule has 0 aliphatic carbocycles. The minimum atomic E-state index is -3.58. The van der Waals surface area contributed by atoms with Crippen LogP contribution in [0.25, 0.3) is 0 Å². The monoisotopic (exact) mass is 347 g/mol. The Labute approximate surface area is 142 Å². The minimum absolute atomic E-state index is 0.153. The Morgan fingerprint density at radius 3 is 2.42 bits per heavy atom. The summed E-state index contributed by atoms with van der Waals surface area (Å²) in [6.45, 7) is 4.04. The molecule has 0 spiro atoms. The number of benzene rings is 2. The molecule has 0 fully saturated rings. The zero-order valence-electron chi connectivity index (χ0n) is 14.2. The first-order chi connectivity index (χ1) is 11.2. The SMILES string of the molecule is COC(=O)c1ccccc1N(Cc1cc(C)ccc1C)S(C)(=O)=O. The third-order valence-electron chi connectivity index (χ3n) is 3.80. The second-order valence-electron chi connectivity index (χ2n) is 5.71. The summed E-state index contributed by atoms with van der Waals surface area (Å²) in [5.74, 6) is -0.569. The van der Waals surface area contributed by atoms with Gasteiger partial charge in [0.05, 0.1) is 31.2 Å². The largest absolute Gasteiger partial charge is 0.465 e. The maximum Gasteiger partial charge on any atom is 0.340 e. The van der Waals surface area contributed by atoms with Crippen LogP contribution in [0.4, 0.5) is 5.69 Å². The van der Waals surface area contributed by atoms with E-state index in [9.17, 15) is 13.2 Å². The Balaban J connectivity index is 2.56. The molecule has 0 aliphatic rings. The van der Waals surface area contributed by atoms with Crippen molar-refractivity contribution in [1.29, 1.82) is 0 Å². The lowest BCUT2D eigenvalue weighted by Crippen LogP contribution is -2.31. The number of nitrogens with zero attached hydrogens (tertiary/aromatic N) is 1. The van der Waals surface area contributed by atoms with Crippen LogP contribution in [0.3, 0.4) is 0 Å². The molecule has 128 valence electrons. The summed E-state index contributed by atoms with van der Waals surface area (Å²) in [6.07, 6.45) is 1.13. The highest BCUT2D eigenvalue weighted by molar-refractivity contribution is 7.92. The average molecular weight is 347 g/mol. The number of rotatable bonds is 5. The standard InChI is InChI=1S/C18H21NO4S/c1-13-9-10-14(2)15(11-13)12-19(24(4,21)22)17-8-6-5-7-16(17)18(20)23-3/h5-11H,12H2,1-4H3. The van der Waals surface area contributed by atoms with Crippen molar-refractivity contribution in [2.45, 2.75) is 20.4 Å². The molecule has 0 atom stereocenters. The molecule has 0 saturated carbocycles. The summed E-state index contributed by atoms with van der Waals surface area (Å²) in [5, 5.41) is 0. The number of esters is 1. The molecule has 2 aromatic carbocycles. The second kappa shape index (κ2) is 7.05. The van der Waals surface area contributed by atoms with Crippen LogP contribution in [0.2, 0.25) is 0 Å². The zero-order chi connectivity index (χ0) is 17.9. The van der Waals surface area contributed by atoms with E-state index in [1.165, 1.54) is 11.4 Å². The third-order valence-corrected chi connectivity index (χ3v) is 4.92. The molecule has 0 aliphatic heterocycles. The molecule has 0 bridgehead atoms. The van der Waals surface area contributed by atoms with Crippen molar-refractivity contribution in [1.82, 2.24) is 0 Å². The van der Waals surface area contributed by atoms with Crippen molar-refractivity contribution in [3.05, 3.63) is 64.7 Å². The van der Waals surface area contributed by atoms with Crippen molar-refractivity contribution in [3.63, 3.8) is 0 Å². The van der Waals surface area contributed by atoms with E-state index in [0.717, 1.165) is 22.9 Å². The van der Waals surface area contributed by atoms with Crippen molar-refractivity contribution in [3.8, 4) is 0 Å². The Morgan fingerprint density at radius 1 is 1.12 bits per heavy atom. The fraction of sp³-hybridized carbons (Fsp3) is 0.278. The molecule has 0 amide bonds. The van der Waals surface area contributed by atoms with Crippen LogP contribution in [-0.4, -0.2) is 27.8 Å². The van der Waals surface area contributed by atoms with E-state index < -0.39 is 16.0 Å². The fourth-order valence-corrected chi connectivity index (χ4v) is 3.37. The number of para-hydroxylation sites is 1. The first-order valence-corrected chi connectivity index (χ1v) is 9.30. The van der Waals surface area contributed by atoms with Gasteiger partial charge in [-0.1, -0.05) is 35.9 Å². The summed E-state index contributed by atoms with van der Waals surface area (Å²) in [4.78, 5) is 12.0. The highest BCUT2D eigenvalue weighted by atomic mass is 32.2. The van der Waals surface area contributed by atoms with Gasteiger partial charge in [-0.2, -0.15) is 0 Å². The van der Waals surface area contributed by atoms with Crippen LogP contribution < -0.4 is 4.31 Å². The van der Waals surface area contributed by atoms with Gasteiger partial charge < -0.3 is 4.74 Å². The maximum atomic E-state index is 12.4. The molecule has 0 heterocycles. The summed E-state index contributed by atoms with van der Waals surface area (Å²) in [5.41, 5.74) is 3.46. The predicted molar refractivity (Wildman–Crippen MR) is 94.7 cm³/mol. The summed E-state index contributed by atoms with van der Waals surface area (Å²) in [6, 6.07) is 12.4. The predicted octanol–water partition coefficient (Wildman–Crippen LogP) is 3.06. The lowest BCUT2D eigenvalue weighted by molar-refractivity contribution is 0.0601. The van der Waals surface area contributed by atoms with Gasteiger partial charge in [0.25, 0.3) is 0 Å². The quantitative estimate of drug-likeness (QED) is 0.780. The molecule has 2 aromatic rings. The molecule has 6 heteroatoms. The number of carbonyl (C=O) groups is 1. The van der Waals surface area contributed by atoms with Gasteiger partial charge >= 0.3 is 5.97 Å². The van der Waals surface area contributed by atoms with E-state index >= 15 is 0 Å². The molecule has 24 heavy (non-hydrogen) atoms. The normalized spacial score (nSPS) is 11.2. The van der Waals surface area contributed by atoms with Gasteiger partial charge in [-0.05, 0) is 37.1 Å². The number of hydrogen-bond acceptors (Lipinski definition) is 4. The van der Waals surface area contributed by atoms with Crippen LogP contribution in [0.15, 0.2) is 42.5 Å². The van der Waals surface area contributed by atoms with Crippen LogP contribution in [0.5, 0.6) is 0 Å². The van der Waals surface area contributed by atoms with Crippen LogP contribution in [0, 0.1) is 13.8 Å². The van der Waals surface area contributed by atoms with E-state index in [2.05, 4.69) is 0 Å². The number of carbonyl (C=O) groups excluding carboxylic acids is 1. The molecular weight excluding hydrogens is 326 g/mol. The lowest BCUT2D eigenvalue weighted by Gasteiger charge is -2.25. The summed E-state index contributed by atoms with van der Waals surface area (Å²) in [7, 11) is -2.31. The van der Waals surface area contributed by atoms with Crippen LogP contribution in [-0.2, 0) is 21.3 Å². The van der Waals surface area contributed by atoms with Crippen LogP contribution >= 0.6 is 0 Å². The van der Waals surface area contributed by atoms with Gasteiger partial charge in [0.15, 0.2) is 0 Å². The molecule has 0 unspecified atom stereocenters. The smallest absolute Gasteiger partial charge is 0.340 e. The number of hydrogen-bond donors (Lipinski definition) is 0. The number of anilines is 1. The lowest BCUT2D eigenvalue weighted by atomic mass is 10.1. The molecule has 0 saturated heterocycles. The first kappa shape index (κ1) is 18.0. The van der Waals surface area contributed by atoms with Crippen molar-refractivity contribution in [2.24, 2.45) is 0 Å². The number of methoxy groups -OCH3 is 1. The molecule has 2 rings (SSSR count). The topological polar surface area (TPSA) is 63.7 Å². The zero-order valence-corrected chi connectivity index (χ0v) is 15.1. The van der Waals surface area contributed by atoms with Gasteiger partial charge in [0.2, 0.25) is 10.0 Å². The minimum Gasteiger partial charge on any atom is -0.465 e. The maximum absolute atomic E-state index is 12.4. The van der Waals surface area contributed by atoms with Gasteiger partial charge in [-0.3, -0.25) is 4.31 Å². The summed E-state index contributed by atoms with van der Waals surface area (Å²) < 4.78 is 30.7. The van der Waals surface area contributed by atoms with E-state index in [1.54, 1.807) is 24.3 Å². The summed E-state index contributed by atoms with van der Waals surface area (Å²) >= 11 is 0. The van der Waals surface area contributed by atoms with Gasteiger partial charge in [0.1, 0.15) is 0 Å². The molecule has 5 nitrogen and oxygen atoms in total. The third kappa shape index (κ3) is 3.94. The van der Waals surface area contributed by atoms with Crippen LogP contribution in [0.1, 0.15) is 27.0 Å². The highest BCUT2D eigenvalue weighted by Crippen LogP contribution is 2.26. The Kier molecular flexibility index (Phi) is 5.29. The molecule has 0 radical (unpaired) electrons. The average Bonchev–Trinajstić information content (AvgIpc) is 2.53. The number of aryl methyl sites for hydroxylation is 2. The Bertz CT molecular complexity index is 859. The molecular formula is C18H21NO4S. The number of sulfonamides is 1. The van der Waals surface area contributed by atoms with E-state index in [0.29, 0.717) is 5.69 Å². The second-order valence-corrected chi connectivity index (χ2v) is 7.62.